The lowest BCUT2D eigenvalue weighted by Gasteiger charge is -2.30. The van der Waals surface area contributed by atoms with Crippen LogP contribution in [0.4, 0.5) is 0 Å². The molecule has 0 spiro atoms. The highest BCUT2D eigenvalue weighted by Crippen LogP contribution is 2.12. The second-order valence-electron chi connectivity index (χ2n) is 6.12. The number of carbonyl (C=O) groups is 2. The number of halogens is 1. The number of hydrogen-bond donors (Lipinski definition) is 2. The van der Waals surface area contributed by atoms with Crippen LogP contribution in [0.1, 0.15) is 51.9 Å². The number of likely N-dealkylation sites (tertiary alicyclic amines) is 1. The Morgan fingerprint density at radius 1 is 1.33 bits per heavy atom. The third kappa shape index (κ3) is 6.22. The minimum atomic E-state index is -0.00183. The summed E-state index contributed by atoms with van der Waals surface area (Å²) in [4.78, 5) is 25.8. The first kappa shape index (κ1) is 18.2. The SMILES string of the molecule is CC1CC(NC(=O)CN2CCCCCCC2=O)CCN1.Cl. The van der Waals surface area contributed by atoms with E-state index in [0.29, 0.717) is 12.5 Å². The van der Waals surface area contributed by atoms with E-state index in [1.54, 1.807) is 4.90 Å². The van der Waals surface area contributed by atoms with Crippen LogP contribution in [0, 0.1) is 0 Å². The molecule has 5 nitrogen and oxygen atoms in total. The zero-order valence-electron chi connectivity index (χ0n) is 12.9. The van der Waals surface area contributed by atoms with Gasteiger partial charge in [-0.3, -0.25) is 9.59 Å². The summed E-state index contributed by atoms with van der Waals surface area (Å²) < 4.78 is 0. The maximum absolute atomic E-state index is 12.1. The van der Waals surface area contributed by atoms with Crippen LogP contribution < -0.4 is 10.6 Å². The minimum absolute atomic E-state index is 0. The van der Waals surface area contributed by atoms with E-state index < -0.39 is 0 Å². The molecule has 2 atom stereocenters. The highest BCUT2D eigenvalue weighted by atomic mass is 35.5. The van der Waals surface area contributed by atoms with Crippen molar-refractivity contribution < 1.29 is 9.59 Å². The molecule has 0 aromatic heterocycles. The summed E-state index contributed by atoms with van der Waals surface area (Å²) >= 11 is 0. The van der Waals surface area contributed by atoms with Crippen LogP contribution in [-0.2, 0) is 9.59 Å². The standard InChI is InChI=1S/C15H27N3O2.ClH/c1-12-10-13(7-8-16-12)17-14(19)11-18-9-5-3-2-4-6-15(18)20;/h12-13,16H,2-11H2,1H3,(H,17,19);1H. The maximum Gasteiger partial charge on any atom is 0.239 e. The summed E-state index contributed by atoms with van der Waals surface area (Å²) in [7, 11) is 0. The highest BCUT2D eigenvalue weighted by Gasteiger charge is 2.22. The smallest absolute Gasteiger partial charge is 0.239 e. The van der Waals surface area contributed by atoms with Gasteiger partial charge < -0.3 is 15.5 Å². The molecule has 2 unspecified atom stereocenters. The van der Waals surface area contributed by atoms with E-state index in [9.17, 15) is 9.59 Å². The number of nitrogens with one attached hydrogen (secondary N) is 2. The Morgan fingerprint density at radius 2 is 2.10 bits per heavy atom. The van der Waals surface area contributed by atoms with Gasteiger partial charge in [-0.15, -0.1) is 12.4 Å². The molecular weight excluding hydrogens is 290 g/mol. The van der Waals surface area contributed by atoms with Crippen molar-refractivity contribution in [2.45, 2.75) is 64.0 Å². The molecule has 0 aromatic carbocycles. The molecule has 0 aliphatic carbocycles. The molecule has 2 N–H and O–H groups in total. The van der Waals surface area contributed by atoms with Gasteiger partial charge in [-0.1, -0.05) is 12.8 Å². The molecule has 2 aliphatic rings. The Labute approximate surface area is 133 Å². The second-order valence-corrected chi connectivity index (χ2v) is 6.12. The van der Waals surface area contributed by atoms with Crippen molar-refractivity contribution in [2.75, 3.05) is 19.6 Å². The van der Waals surface area contributed by atoms with E-state index in [1.165, 1.54) is 0 Å². The minimum Gasteiger partial charge on any atom is -0.352 e. The van der Waals surface area contributed by atoms with Crippen LogP contribution in [-0.4, -0.2) is 48.4 Å². The van der Waals surface area contributed by atoms with Crippen molar-refractivity contribution in [3.63, 3.8) is 0 Å². The zero-order chi connectivity index (χ0) is 14.4. The van der Waals surface area contributed by atoms with Gasteiger partial charge in [-0.05, 0) is 39.2 Å². The van der Waals surface area contributed by atoms with Crippen LogP contribution in [0.3, 0.4) is 0 Å². The zero-order valence-corrected chi connectivity index (χ0v) is 13.7. The third-order valence-corrected chi connectivity index (χ3v) is 4.24. The average Bonchev–Trinajstić information content (AvgIpc) is 2.38. The Balaban J connectivity index is 0.00000220. The van der Waals surface area contributed by atoms with Crippen molar-refractivity contribution in [3.05, 3.63) is 0 Å². The first-order valence-electron chi connectivity index (χ1n) is 7.95. The lowest BCUT2D eigenvalue weighted by Crippen LogP contribution is -2.49. The summed E-state index contributed by atoms with van der Waals surface area (Å²) in [5.74, 6) is 0.136. The number of amides is 2. The fourth-order valence-corrected chi connectivity index (χ4v) is 3.09. The Hall–Kier alpha value is -0.810. The predicted octanol–water partition coefficient (Wildman–Crippen LogP) is 1.46. The van der Waals surface area contributed by atoms with Crippen molar-refractivity contribution >= 4 is 24.2 Å². The summed E-state index contributed by atoms with van der Waals surface area (Å²) in [6, 6.07) is 0.709. The van der Waals surface area contributed by atoms with Gasteiger partial charge in [-0.25, -0.2) is 0 Å². The largest absolute Gasteiger partial charge is 0.352 e. The average molecular weight is 318 g/mol. The summed E-state index contributed by atoms with van der Waals surface area (Å²) in [6.07, 6.45) is 6.82. The Kier molecular flexibility index (Phi) is 8.04. The first-order valence-corrected chi connectivity index (χ1v) is 7.95. The van der Waals surface area contributed by atoms with Crippen molar-refractivity contribution in [1.29, 1.82) is 0 Å². The van der Waals surface area contributed by atoms with E-state index in [1.807, 2.05) is 0 Å². The lowest BCUT2D eigenvalue weighted by atomic mass is 10.0. The Bertz CT molecular complexity index is 352. The molecule has 6 heteroatoms. The van der Waals surface area contributed by atoms with Crippen LogP contribution in [0.5, 0.6) is 0 Å². The van der Waals surface area contributed by atoms with Crippen LogP contribution in [0.25, 0.3) is 0 Å². The monoisotopic (exact) mass is 317 g/mol. The fourth-order valence-electron chi connectivity index (χ4n) is 3.09. The molecule has 2 heterocycles. The third-order valence-electron chi connectivity index (χ3n) is 4.24. The molecule has 2 amide bonds. The number of piperidine rings is 1. The number of carbonyl (C=O) groups excluding carboxylic acids is 2. The molecule has 0 radical (unpaired) electrons. The van der Waals surface area contributed by atoms with E-state index in [2.05, 4.69) is 17.6 Å². The van der Waals surface area contributed by atoms with Gasteiger partial charge >= 0.3 is 0 Å². The van der Waals surface area contributed by atoms with Gasteiger partial charge in [0, 0.05) is 25.0 Å². The van der Waals surface area contributed by atoms with Crippen molar-refractivity contribution in [2.24, 2.45) is 0 Å². The molecule has 2 rings (SSSR count). The van der Waals surface area contributed by atoms with E-state index >= 15 is 0 Å². The molecule has 122 valence electrons. The maximum atomic E-state index is 12.1. The summed E-state index contributed by atoms with van der Waals surface area (Å²) in [5.41, 5.74) is 0. The number of rotatable bonds is 3. The molecule has 2 saturated heterocycles. The van der Waals surface area contributed by atoms with Crippen LogP contribution in [0.2, 0.25) is 0 Å². The number of nitrogens with zero attached hydrogens (tertiary/aromatic N) is 1. The topological polar surface area (TPSA) is 61.4 Å². The van der Waals surface area contributed by atoms with Crippen LogP contribution >= 0.6 is 12.4 Å². The van der Waals surface area contributed by atoms with E-state index in [0.717, 1.165) is 51.6 Å². The van der Waals surface area contributed by atoms with Gasteiger partial charge in [0.25, 0.3) is 0 Å². The van der Waals surface area contributed by atoms with E-state index in [4.69, 9.17) is 0 Å². The predicted molar refractivity (Wildman–Crippen MR) is 85.5 cm³/mol. The molecule has 0 aromatic rings. The Morgan fingerprint density at radius 3 is 2.86 bits per heavy atom. The van der Waals surface area contributed by atoms with E-state index in [-0.39, 0.29) is 36.8 Å². The van der Waals surface area contributed by atoms with Crippen molar-refractivity contribution in [3.8, 4) is 0 Å². The number of hydrogen-bond acceptors (Lipinski definition) is 3. The summed E-state index contributed by atoms with van der Waals surface area (Å²) in [5, 5.41) is 6.45. The van der Waals surface area contributed by atoms with Crippen molar-refractivity contribution in [1.82, 2.24) is 15.5 Å². The van der Waals surface area contributed by atoms with Gasteiger partial charge in [0.1, 0.15) is 0 Å². The molecule has 0 bridgehead atoms. The quantitative estimate of drug-likeness (QED) is 0.828. The van der Waals surface area contributed by atoms with Crippen LogP contribution in [0.15, 0.2) is 0 Å². The van der Waals surface area contributed by atoms with Gasteiger partial charge in [-0.2, -0.15) is 0 Å². The van der Waals surface area contributed by atoms with Gasteiger partial charge in [0.05, 0.1) is 6.54 Å². The summed E-state index contributed by atoms with van der Waals surface area (Å²) in [6.45, 7) is 4.06. The highest BCUT2D eigenvalue weighted by molar-refractivity contribution is 5.85. The first-order chi connectivity index (χ1) is 9.65. The molecular formula is C15H28ClN3O2. The normalized spacial score (nSPS) is 27.3. The molecule has 2 aliphatic heterocycles. The molecule has 0 saturated carbocycles. The second kappa shape index (κ2) is 9.26. The van der Waals surface area contributed by atoms with Gasteiger partial charge in [0.15, 0.2) is 0 Å². The molecule has 2 fully saturated rings. The lowest BCUT2D eigenvalue weighted by molar-refractivity contribution is -0.136. The van der Waals surface area contributed by atoms with Gasteiger partial charge in [0.2, 0.25) is 11.8 Å². The fraction of sp³-hybridized carbons (Fsp3) is 0.867. The molecule has 21 heavy (non-hydrogen) atoms.